The third-order valence-electron chi connectivity index (χ3n) is 2.28. The van der Waals surface area contributed by atoms with Gasteiger partial charge in [-0.2, -0.15) is 0 Å². The first-order valence-corrected chi connectivity index (χ1v) is 4.46. The number of hydrogen-bond donors (Lipinski definition) is 0. The van der Waals surface area contributed by atoms with Gasteiger partial charge in [-0.1, -0.05) is 6.07 Å². The molecule has 0 N–H and O–H groups in total. The maximum absolute atomic E-state index is 13.4. The van der Waals surface area contributed by atoms with E-state index in [1.54, 1.807) is 12.1 Å². The number of hydrogen-bond acceptors (Lipinski definition) is 2. The summed E-state index contributed by atoms with van der Waals surface area (Å²) in [6.07, 6.45) is 0. The molecule has 2 aromatic rings. The van der Waals surface area contributed by atoms with Gasteiger partial charge in [-0.15, -0.1) is 0 Å². The van der Waals surface area contributed by atoms with Crippen molar-refractivity contribution in [3.8, 4) is 0 Å². The first-order valence-electron chi connectivity index (χ1n) is 4.46. The van der Waals surface area contributed by atoms with Gasteiger partial charge in [0.1, 0.15) is 11.4 Å². The van der Waals surface area contributed by atoms with E-state index in [0.29, 0.717) is 16.9 Å². The van der Waals surface area contributed by atoms with E-state index in [-0.39, 0.29) is 5.82 Å². The Morgan fingerprint density at radius 1 is 1.29 bits per heavy atom. The predicted molar refractivity (Wildman–Crippen MR) is 55.2 cm³/mol. The van der Waals surface area contributed by atoms with Gasteiger partial charge in [0.15, 0.2) is 5.88 Å². The second-order valence-electron chi connectivity index (χ2n) is 3.54. The molecule has 2 rings (SSSR count). The van der Waals surface area contributed by atoms with Crippen molar-refractivity contribution in [3.63, 3.8) is 0 Å². The Morgan fingerprint density at radius 2 is 2.00 bits per heavy atom. The zero-order valence-electron chi connectivity index (χ0n) is 8.47. The Bertz CT molecular complexity index is 473. The molecule has 0 aliphatic rings. The summed E-state index contributed by atoms with van der Waals surface area (Å²) in [6, 6.07) is 4.88. The molecule has 0 saturated heterocycles. The van der Waals surface area contributed by atoms with Crippen LogP contribution in [0.4, 0.5) is 10.3 Å². The van der Waals surface area contributed by atoms with Gasteiger partial charge >= 0.3 is 0 Å². The van der Waals surface area contributed by atoms with Crippen LogP contribution < -0.4 is 4.90 Å². The average Bonchev–Trinajstić information content (AvgIpc) is 2.45. The monoisotopic (exact) mass is 193 g/mol. The van der Waals surface area contributed by atoms with Crippen LogP contribution in [0.2, 0.25) is 0 Å². The lowest BCUT2D eigenvalue weighted by atomic mass is 10.2. The molecule has 3 heteroatoms. The Hall–Kier alpha value is -1.51. The van der Waals surface area contributed by atoms with E-state index in [0.717, 1.165) is 5.56 Å². The van der Waals surface area contributed by atoms with Gasteiger partial charge in [0.05, 0.1) is 5.39 Å². The van der Waals surface area contributed by atoms with Crippen molar-refractivity contribution in [2.75, 3.05) is 19.0 Å². The SMILES string of the molecule is Cc1c(N(C)C)oc2cccc(F)c12. The van der Waals surface area contributed by atoms with Crippen molar-refractivity contribution in [2.24, 2.45) is 0 Å². The Balaban J connectivity index is 2.81. The molecule has 2 nitrogen and oxygen atoms in total. The van der Waals surface area contributed by atoms with Crippen LogP contribution in [0.15, 0.2) is 22.6 Å². The molecule has 0 amide bonds. The van der Waals surface area contributed by atoms with Crippen LogP contribution in [0.5, 0.6) is 0 Å². The molecule has 0 unspecified atom stereocenters. The Kier molecular flexibility index (Phi) is 1.95. The zero-order valence-corrected chi connectivity index (χ0v) is 8.47. The van der Waals surface area contributed by atoms with E-state index in [2.05, 4.69) is 0 Å². The van der Waals surface area contributed by atoms with Gasteiger partial charge in [-0.25, -0.2) is 4.39 Å². The highest BCUT2D eigenvalue weighted by Gasteiger charge is 2.14. The number of fused-ring (bicyclic) bond motifs is 1. The molecule has 0 radical (unpaired) electrons. The van der Waals surface area contributed by atoms with Crippen LogP contribution in [0.25, 0.3) is 11.0 Å². The van der Waals surface area contributed by atoms with Gasteiger partial charge in [-0.05, 0) is 19.1 Å². The molecule has 0 fully saturated rings. The van der Waals surface area contributed by atoms with Crippen molar-refractivity contribution in [1.29, 1.82) is 0 Å². The van der Waals surface area contributed by atoms with Crippen molar-refractivity contribution >= 4 is 16.9 Å². The minimum Gasteiger partial charge on any atom is -0.440 e. The lowest BCUT2D eigenvalue weighted by Crippen LogP contribution is -2.08. The van der Waals surface area contributed by atoms with Crippen LogP contribution in [0.3, 0.4) is 0 Å². The second kappa shape index (κ2) is 3.01. The minimum absolute atomic E-state index is 0.225. The van der Waals surface area contributed by atoms with Crippen LogP contribution in [-0.2, 0) is 0 Å². The van der Waals surface area contributed by atoms with Gasteiger partial charge in [0, 0.05) is 19.7 Å². The molecular weight excluding hydrogens is 181 g/mol. The fourth-order valence-electron chi connectivity index (χ4n) is 1.67. The number of anilines is 1. The van der Waals surface area contributed by atoms with E-state index >= 15 is 0 Å². The molecule has 0 aliphatic heterocycles. The highest BCUT2D eigenvalue weighted by Crippen LogP contribution is 2.32. The molecule has 14 heavy (non-hydrogen) atoms. The fourth-order valence-corrected chi connectivity index (χ4v) is 1.67. The van der Waals surface area contributed by atoms with E-state index in [9.17, 15) is 4.39 Å². The molecule has 0 saturated carbocycles. The summed E-state index contributed by atoms with van der Waals surface area (Å²) in [6.45, 7) is 1.87. The molecule has 1 aromatic heterocycles. The van der Waals surface area contributed by atoms with Crippen LogP contribution >= 0.6 is 0 Å². The maximum Gasteiger partial charge on any atom is 0.199 e. The maximum atomic E-state index is 13.4. The topological polar surface area (TPSA) is 16.4 Å². The van der Waals surface area contributed by atoms with Gasteiger partial charge < -0.3 is 9.32 Å². The van der Waals surface area contributed by atoms with Gasteiger partial charge in [-0.3, -0.25) is 0 Å². The van der Waals surface area contributed by atoms with Crippen molar-refractivity contribution in [3.05, 3.63) is 29.6 Å². The third kappa shape index (κ3) is 1.16. The minimum atomic E-state index is -0.225. The number of benzene rings is 1. The van der Waals surface area contributed by atoms with E-state index < -0.39 is 0 Å². The van der Waals surface area contributed by atoms with E-state index in [1.807, 2.05) is 25.9 Å². The molecule has 0 spiro atoms. The van der Waals surface area contributed by atoms with Crippen molar-refractivity contribution in [2.45, 2.75) is 6.92 Å². The number of nitrogens with zero attached hydrogens (tertiary/aromatic N) is 1. The molecule has 74 valence electrons. The van der Waals surface area contributed by atoms with Crippen LogP contribution in [-0.4, -0.2) is 14.1 Å². The summed E-state index contributed by atoms with van der Waals surface area (Å²) in [7, 11) is 3.76. The molecule has 0 aliphatic carbocycles. The summed E-state index contributed by atoms with van der Waals surface area (Å²) in [5, 5.41) is 0.580. The lowest BCUT2D eigenvalue weighted by molar-refractivity contribution is 0.604. The second-order valence-corrected chi connectivity index (χ2v) is 3.54. The van der Waals surface area contributed by atoms with Crippen molar-refractivity contribution < 1.29 is 8.81 Å². The van der Waals surface area contributed by atoms with Crippen molar-refractivity contribution in [1.82, 2.24) is 0 Å². The van der Waals surface area contributed by atoms with E-state index in [1.165, 1.54) is 6.07 Å². The summed E-state index contributed by atoms with van der Waals surface area (Å²) in [4.78, 5) is 1.84. The van der Waals surface area contributed by atoms with E-state index in [4.69, 9.17) is 4.42 Å². The van der Waals surface area contributed by atoms with Gasteiger partial charge in [0.2, 0.25) is 0 Å². The summed E-state index contributed by atoms with van der Waals surface area (Å²) in [5.74, 6) is 0.488. The quantitative estimate of drug-likeness (QED) is 0.692. The summed E-state index contributed by atoms with van der Waals surface area (Å²) < 4.78 is 19.0. The molecule has 1 heterocycles. The smallest absolute Gasteiger partial charge is 0.199 e. The Labute approximate surface area is 81.9 Å². The highest BCUT2D eigenvalue weighted by molar-refractivity contribution is 5.86. The number of furan rings is 1. The first-order chi connectivity index (χ1) is 6.61. The van der Waals surface area contributed by atoms with Gasteiger partial charge in [0.25, 0.3) is 0 Å². The summed E-state index contributed by atoms with van der Waals surface area (Å²) in [5.41, 5.74) is 1.45. The number of rotatable bonds is 1. The highest BCUT2D eigenvalue weighted by atomic mass is 19.1. The number of aryl methyl sites for hydroxylation is 1. The largest absolute Gasteiger partial charge is 0.440 e. The molecule has 0 bridgehead atoms. The predicted octanol–water partition coefficient (Wildman–Crippen LogP) is 2.95. The zero-order chi connectivity index (χ0) is 10.3. The third-order valence-corrected chi connectivity index (χ3v) is 2.28. The first kappa shape index (κ1) is 9.06. The normalized spacial score (nSPS) is 10.9. The van der Waals surface area contributed by atoms with Crippen LogP contribution in [0, 0.1) is 12.7 Å². The average molecular weight is 193 g/mol. The van der Waals surface area contributed by atoms with Crippen LogP contribution in [0.1, 0.15) is 5.56 Å². The molecule has 0 atom stereocenters. The molecule has 1 aromatic carbocycles. The standard InChI is InChI=1S/C11H12FNO/c1-7-10-8(12)5-4-6-9(10)14-11(7)13(2)3/h4-6H,1-3H3. The summed E-state index contributed by atoms with van der Waals surface area (Å²) >= 11 is 0. The molecular formula is C11H12FNO. The number of halogens is 1. The fraction of sp³-hybridized carbons (Fsp3) is 0.273. The lowest BCUT2D eigenvalue weighted by Gasteiger charge is -2.08. The Morgan fingerprint density at radius 3 is 2.57 bits per heavy atom.